The first-order valence-electron chi connectivity index (χ1n) is 6.97. The molecule has 0 aliphatic heterocycles. The number of hydrogen-bond acceptors (Lipinski definition) is 2. The monoisotopic (exact) mass is 267 g/mol. The zero-order chi connectivity index (χ0) is 14.4. The first-order chi connectivity index (χ1) is 9.68. The van der Waals surface area contributed by atoms with E-state index in [0.29, 0.717) is 0 Å². The molecule has 2 heteroatoms. The van der Waals surface area contributed by atoms with E-state index in [0.717, 1.165) is 24.1 Å². The molecule has 0 saturated carbocycles. The molecule has 20 heavy (non-hydrogen) atoms. The summed E-state index contributed by atoms with van der Waals surface area (Å²) in [5, 5.41) is 0. The van der Waals surface area contributed by atoms with Gasteiger partial charge in [0.15, 0.2) is 5.78 Å². The van der Waals surface area contributed by atoms with Gasteiger partial charge in [0.2, 0.25) is 0 Å². The quantitative estimate of drug-likeness (QED) is 0.745. The van der Waals surface area contributed by atoms with Crippen molar-refractivity contribution in [3.63, 3.8) is 0 Å². The highest BCUT2D eigenvalue weighted by molar-refractivity contribution is 6.00. The number of carbonyl (C=O) groups is 1. The Morgan fingerprint density at radius 3 is 2.05 bits per heavy atom. The molecule has 104 valence electrons. The van der Waals surface area contributed by atoms with Crippen molar-refractivity contribution in [2.45, 2.75) is 12.3 Å². The van der Waals surface area contributed by atoms with Gasteiger partial charge >= 0.3 is 0 Å². The molecule has 0 aliphatic carbocycles. The number of ketones is 1. The number of benzene rings is 2. The lowest BCUT2D eigenvalue weighted by molar-refractivity contribution is 0.0951. The van der Waals surface area contributed by atoms with Gasteiger partial charge in [-0.25, -0.2) is 0 Å². The van der Waals surface area contributed by atoms with E-state index < -0.39 is 0 Å². The van der Waals surface area contributed by atoms with Crippen molar-refractivity contribution in [2.75, 3.05) is 20.6 Å². The van der Waals surface area contributed by atoms with Crippen LogP contribution in [0.4, 0.5) is 0 Å². The highest BCUT2D eigenvalue weighted by atomic mass is 16.1. The Morgan fingerprint density at radius 2 is 1.50 bits per heavy atom. The molecule has 0 amide bonds. The standard InChI is InChI=1S/C18H21NO/c1-19(2)14-13-17(15-9-5-3-6-10-15)18(20)16-11-7-4-8-12-16/h3-12,17H,13-14H2,1-2H3. The van der Waals surface area contributed by atoms with Gasteiger partial charge in [0.25, 0.3) is 0 Å². The normalized spacial score (nSPS) is 12.3. The van der Waals surface area contributed by atoms with Gasteiger partial charge in [0.05, 0.1) is 0 Å². The third-order valence-corrected chi connectivity index (χ3v) is 3.44. The van der Waals surface area contributed by atoms with E-state index in [-0.39, 0.29) is 11.7 Å². The van der Waals surface area contributed by atoms with Gasteiger partial charge in [-0.3, -0.25) is 4.79 Å². The number of nitrogens with zero attached hydrogens (tertiary/aromatic N) is 1. The van der Waals surface area contributed by atoms with Gasteiger partial charge in [0.1, 0.15) is 0 Å². The van der Waals surface area contributed by atoms with Crippen molar-refractivity contribution in [3.8, 4) is 0 Å². The minimum Gasteiger partial charge on any atom is -0.309 e. The van der Waals surface area contributed by atoms with Crippen LogP contribution < -0.4 is 0 Å². The van der Waals surface area contributed by atoms with Gasteiger partial charge < -0.3 is 4.90 Å². The van der Waals surface area contributed by atoms with Crippen LogP contribution >= 0.6 is 0 Å². The van der Waals surface area contributed by atoms with Gasteiger partial charge in [-0.1, -0.05) is 60.7 Å². The molecule has 1 unspecified atom stereocenters. The van der Waals surface area contributed by atoms with Crippen molar-refractivity contribution in [2.24, 2.45) is 0 Å². The van der Waals surface area contributed by atoms with Crippen LogP contribution in [0.5, 0.6) is 0 Å². The summed E-state index contributed by atoms with van der Waals surface area (Å²) in [6, 6.07) is 19.6. The second kappa shape index (κ2) is 7.01. The Kier molecular flexibility index (Phi) is 5.08. The van der Waals surface area contributed by atoms with Gasteiger partial charge in [-0.05, 0) is 32.6 Å². The maximum Gasteiger partial charge on any atom is 0.170 e. The number of hydrogen-bond donors (Lipinski definition) is 0. The third-order valence-electron chi connectivity index (χ3n) is 3.44. The maximum absolute atomic E-state index is 12.7. The summed E-state index contributed by atoms with van der Waals surface area (Å²) >= 11 is 0. The van der Waals surface area contributed by atoms with Crippen LogP contribution in [0.15, 0.2) is 60.7 Å². The maximum atomic E-state index is 12.7. The molecule has 0 saturated heterocycles. The van der Waals surface area contributed by atoms with Gasteiger partial charge in [0, 0.05) is 11.5 Å². The molecule has 0 heterocycles. The molecule has 2 aromatic carbocycles. The van der Waals surface area contributed by atoms with Crippen molar-refractivity contribution < 1.29 is 4.79 Å². The summed E-state index contributed by atoms with van der Waals surface area (Å²) in [7, 11) is 4.07. The van der Waals surface area contributed by atoms with Crippen LogP contribution in [0.1, 0.15) is 28.3 Å². The summed E-state index contributed by atoms with van der Waals surface area (Å²) in [5.41, 5.74) is 1.89. The average Bonchev–Trinajstić information content (AvgIpc) is 2.49. The van der Waals surface area contributed by atoms with E-state index in [9.17, 15) is 4.79 Å². The Bertz CT molecular complexity index is 534. The van der Waals surface area contributed by atoms with E-state index in [1.165, 1.54) is 0 Å². The fourth-order valence-electron chi connectivity index (χ4n) is 2.33. The zero-order valence-electron chi connectivity index (χ0n) is 12.1. The summed E-state index contributed by atoms with van der Waals surface area (Å²) in [6.07, 6.45) is 0.838. The minimum atomic E-state index is -0.0685. The molecule has 0 N–H and O–H groups in total. The van der Waals surface area contributed by atoms with Crippen LogP contribution in [0.3, 0.4) is 0 Å². The van der Waals surface area contributed by atoms with E-state index in [2.05, 4.69) is 4.90 Å². The topological polar surface area (TPSA) is 20.3 Å². The molecule has 0 aliphatic rings. The van der Waals surface area contributed by atoms with Gasteiger partial charge in [-0.15, -0.1) is 0 Å². The highest BCUT2D eigenvalue weighted by Crippen LogP contribution is 2.24. The molecule has 0 bridgehead atoms. The lowest BCUT2D eigenvalue weighted by atomic mass is 9.88. The van der Waals surface area contributed by atoms with Crippen LogP contribution in [0, 0.1) is 0 Å². The molecule has 0 spiro atoms. The van der Waals surface area contributed by atoms with Crippen molar-refractivity contribution in [3.05, 3.63) is 71.8 Å². The van der Waals surface area contributed by atoms with Crippen LogP contribution in [-0.2, 0) is 0 Å². The molecule has 2 rings (SSSR count). The van der Waals surface area contributed by atoms with Crippen LogP contribution in [-0.4, -0.2) is 31.3 Å². The molecule has 2 nitrogen and oxygen atoms in total. The van der Waals surface area contributed by atoms with Crippen LogP contribution in [0.2, 0.25) is 0 Å². The largest absolute Gasteiger partial charge is 0.309 e. The Morgan fingerprint density at radius 1 is 0.950 bits per heavy atom. The van der Waals surface area contributed by atoms with Crippen LogP contribution in [0.25, 0.3) is 0 Å². The SMILES string of the molecule is CN(C)CCC(C(=O)c1ccccc1)c1ccccc1. The molecule has 0 radical (unpaired) electrons. The molecule has 2 aromatic rings. The smallest absolute Gasteiger partial charge is 0.170 e. The summed E-state index contributed by atoms with van der Waals surface area (Å²) in [6.45, 7) is 0.901. The van der Waals surface area contributed by atoms with Gasteiger partial charge in [-0.2, -0.15) is 0 Å². The second-order valence-corrected chi connectivity index (χ2v) is 5.29. The third kappa shape index (κ3) is 3.78. The molecular formula is C18H21NO. The Labute approximate surface area is 121 Å². The predicted molar refractivity (Wildman–Crippen MR) is 83.1 cm³/mol. The molecular weight excluding hydrogens is 246 g/mol. The van der Waals surface area contributed by atoms with E-state index in [1.807, 2.05) is 74.8 Å². The van der Waals surface area contributed by atoms with Crippen molar-refractivity contribution >= 4 is 5.78 Å². The molecule has 0 aromatic heterocycles. The lowest BCUT2D eigenvalue weighted by Gasteiger charge is -2.19. The second-order valence-electron chi connectivity index (χ2n) is 5.29. The lowest BCUT2D eigenvalue weighted by Crippen LogP contribution is -2.20. The summed E-state index contributed by atoms with van der Waals surface area (Å²) in [4.78, 5) is 14.9. The fraction of sp³-hybridized carbons (Fsp3) is 0.278. The highest BCUT2D eigenvalue weighted by Gasteiger charge is 2.21. The molecule has 0 fully saturated rings. The first kappa shape index (κ1) is 14.5. The Hall–Kier alpha value is -1.93. The summed E-state index contributed by atoms with van der Waals surface area (Å²) in [5.74, 6) is 0.139. The number of Topliss-reactive ketones (excluding diaryl/α,β-unsaturated/α-hetero) is 1. The Balaban J connectivity index is 2.25. The predicted octanol–water partition coefficient (Wildman–Crippen LogP) is 3.60. The zero-order valence-corrected chi connectivity index (χ0v) is 12.1. The van der Waals surface area contributed by atoms with E-state index >= 15 is 0 Å². The number of carbonyl (C=O) groups excluding carboxylic acids is 1. The van der Waals surface area contributed by atoms with E-state index in [1.54, 1.807) is 0 Å². The first-order valence-corrected chi connectivity index (χ1v) is 6.97. The number of rotatable bonds is 6. The van der Waals surface area contributed by atoms with Crippen molar-refractivity contribution in [1.29, 1.82) is 0 Å². The minimum absolute atomic E-state index is 0.0685. The van der Waals surface area contributed by atoms with Crippen molar-refractivity contribution in [1.82, 2.24) is 4.90 Å². The fourth-order valence-corrected chi connectivity index (χ4v) is 2.33. The van der Waals surface area contributed by atoms with E-state index in [4.69, 9.17) is 0 Å². The molecule has 1 atom stereocenters. The summed E-state index contributed by atoms with van der Waals surface area (Å²) < 4.78 is 0. The average molecular weight is 267 g/mol.